The minimum atomic E-state index is -3.81. The number of ether oxygens (including phenoxy) is 1. The van der Waals surface area contributed by atoms with Crippen LogP contribution in [-0.2, 0) is 10.0 Å². The molecular formula is C21H19Cl2N3O3S2. The van der Waals surface area contributed by atoms with Gasteiger partial charge in [-0.05, 0) is 73.7 Å². The van der Waals surface area contributed by atoms with E-state index in [1.165, 1.54) is 30.3 Å². The van der Waals surface area contributed by atoms with Gasteiger partial charge in [-0.25, -0.2) is 8.42 Å². The molecule has 0 saturated carbocycles. The molecule has 10 heteroatoms. The van der Waals surface area contributed by atoms with E-state index in [1.54, 1.807) is 12.1 Å². The quantitative estimate of drug-likeness (QED) is 0.348. The fraction of sp³-hybridized carbons (Fsp3) is 0.0952. The maximum atomic E-state index is 12.6. The molecule has 0 radical (unpaired) electrons. The Morgan fingerprint density at radius 2 is 1.58 bits per heavy atom. The summed E-state index contributed by atoms with van der Waals surface area (Å²) in [5, 5.41) is 7.09. The topological polar surface area (TPSA) is 79.5 Å². The average molecular weight is 496 g/mol. The Morgan fingerprint density at radius 3 is 2.23 bits per heavy atom. The zero-order chi connectivity index (χ0) is 22.4. The highest BCUT2D eigenvalue weighted by molar-refractivity contribution is 7.92. The van der Waals surface area contributed by atoms with Crippen molar-refractivity contribution in [2.24, 2.45) is 0 Å². The summed E-state index contributed by atoms with van der Waals surface area (Å²) in [4.78, 5) is 0.0784. The van der Waals surface area contributed by atoms with Crippen molar-refractivity contribution in [2.75, 3.05) is 22.0 Å². The smallest absolute Gasteiger partial charge is 0.261 e. The highest BCUT2D eigenvalue weighted by Gasteiger charge is 2.15. The molecule has 0 saturated heterocycles. The highest BCUT2D eigenvalue weighted by atomic mass is 35.5. The van der Waals surface area contributed by atoms with Gasteiger partial charge in [-0.2, -0.15) is 0 Å². The summed E-state index contributed by atoms with van der Waals surface area (Å²) in [6, 6.07) is 18.1. The minimum Gasteiger partial charge on any atom is -0.492 e. The maximum absolute atomic E-state index is 12.6. The molecule has 3 aromatic rings. The number of anilines is 3. The summed E-state index contributed by atoms with van der Waals surface area (Å²) >= 11 is 17.2. The first-order valence-electron chi connectivity index (χ1n) is 9.15. The Hall–Kier alpha value is -2.52. The molecule has 0 aliphatic rings. The van der Waals surface area contributed by atoms with Gasteiger partial charge in [-0.15, -0.1) is 0 Å². The van der Waals surface area contributed by atoms with E-state index in [2.05, 4.69) is 15.4 Å². The van der Waals surface area contributed by atoms with Crippen LogP contribution >= 0.6 is 35.4 Å². The Balaban J connectivity index is 1.67. The van der Waals surface area contributed by atoms with E-state index >= 15 is 0 Å². The molecule has 0 heterocycles. The molecule has 0 spiro atoms. The number of hydrogen-bond donors (Lipinski definition) is 3. The lowest BCUT2D eigenvalue weighted by atomic mass is 10.3. The molecule has 3 rings (SSSR count). The number of rotatable bonds is 7. The number of nitrogens with one attached hydrogen (secondary N) is 3. The lowest BCUT2D eigenvalue weighted by Crippen LogP contribution is -2.19. The summed E-state index contributed by atoms with van der Waals surface area (Å²) in [5.41, 5.74) is 1.62. The predicted molar refractivity (Wildman–Crippen MR) is 131 cm³/mol. The molecule has 0 unspecified atom stereocenters. The van der Waals surface area contributed by atoms with Crippen molar-refractivity contribution in [1.29, 1.82) is 0 Å². The van der Waals surface area contributed by atoms with Gasteiger partial charge < -0.3 is 15.4 Å². The molecule has 0 aliphatic carbocycles. The number of sulfonamides is 1. The van der Waals surface area contributed by atoms with Crippen molar-refractivity contribution >= 4 is 67.6 Å². The minimum absolute atomic E-state index is 0.0784. The van der Waals surface area contributed by atoms with Gasteiger partial charge in [0, 0.05) is 15.7 Å². The number of thiocarbonyl (C=S) groups is 1. The van der Waals surface area contributed by atoms with Crippen LogP contribution in [0.4, 0.5) is 17.1 Å². The zero-order valence-corrected chi connectivity index (χ0v) is 19.5. The lowest BCUT2D eigenvalue weighted by molar-refractivity contribution is 0.342. The van der Waals surface area contributed by atoms with Crippen LogP contribution in [0.15, 0.2) is 71.6 Å². The summed E-state index contributed by atoms with van der Waals surface area (Å²) in [6.45, 7) is 2.43. The van der Waals surface area contributed by atoms with Crippen LogP contribution in [0.1, 0.15) is 6.92 Å². The monoisotopic (exact) mass is 495 g/mol. The maximum Gasteiger partial charge on any atom is 0.261 e. The van der Waals surface area contributed by atoms with Crippen molar-refractivity contribution < 1.29 is 13.2 Å². The van der Waals surface area contributed by atoms with Crippen molar-refractivity contribution in [3.05, 3.63) is 76.8 Å². The Labute approximate surface area is 196 Å². The highest BCUT2D eigenvalue weighted by Crippen LogP contribution is 2.26. The second kappa shape index (κ2) is 10.2. The van der Waals surface area contributed by atoms with Crippen LogP contribution in [0, 0.1) is 0 Å². The Morgan fingerprint density at radius 1 is 0.935 bits per heavy atom. The van der Waals surface area contributed by atoms with E-state index in [-0.39, 0.29) is 10.6 Å². The molecule has 162 valence electrons. The van der Waals surface area contributed by atoms with E-state index in [9.17, 15) is 8.42 Å². The van der Waals surface area contributed by atoms with Crippen LogP contribution in [0.5, 0.6) is 5.75 Å². The third-order valence-corrected chi connectivity index (χ3v) is 6.01. The first kappa shape index (κ1) is 23.1. The SMILES string of the molecule is CCOc1ccccc1NC(=S)Nc1ccc(S(=O)(=O)Nc2cc(Cl)cc(Cl)c2)cc1. The van der Waals surface area contributed by atoms with Crippen molar-refractivity contribution in [2.45, 2.75) is 11.8 Å². The lowest BCUT2D eigenvalue weighted by Gasteiger charge is -2.14. The van der Waals surface area contributed by atoms with Gasteiger partial charge >= 0.3 is 0 Å². The van der Waals surface area contributed by atoms with Crippen LogP contribution in [0.3, 0.4) is 0 Å². The number of benzene rings is 3. The molecule has 0 atom stereocenters. The fourth-order valence-corrected chi connectivity index (χ4v) is 4.47. The van der Waals surface area contributed by atoms with E-state index in [4.69, 9.17) is 40.2 Å². The van der Waals surface area contributed by atoms with Crippen LogP contribution in [0.2, 0.25) is 10.0 Å². The fourth-order valence-electron chi connectivity index (χ4n) is 2.68. The normalized spacial score (nSPS) is 10.9. The predicted octanol–water partition coefficient (Wildman–Crippen LogP) is 6.00. The summed E-state index contributed by atoms with van der Waals surface area (Å²) in [6.07, 6.45) is 0. The Kier molecular flexibility index (Phi) is 7.61. The van der Waals surface area contributed by atoms with Crippen molar-refractivity contribution in [3.63, 3.8) is 0 Å². The third kappa shape index (κ3) is 6.48. The van der Waals surface area contributed by atoms with E-state index in [0.29, 0.717) is 33.2 Å². The van der Waals surface area contributed by atoms with Gasteiger partial charge in [-0.1, -0.05) is 35.3 Å². The van der Waals surface area contributed by atoms with Crippen LogP contribution in [0.25, 0.3) is 0 Å². The molecule has 6 nitrogen and oxygen atoms in total. The van der Waals surface area contributed by atoms with Crippen molar-refractivity contribution in [1.82, 2.24) is 0 Å². The van der Waals surface area contributed by atoms with Gasteiger partial charge in [-0.3, -0.25) is 4.72 Å². The molecule has 0 fully saturated rings. The molecule has 31 heavy (non-hydrogen) atoms. The summed E-state index contributed by atoms with van der Waals surface area (Å²) in [5.74, 6) is 0.683. The van der Waals surface area contributed by atoms with Crippen LogP contribution < -0.4 is 20.1 Å². The first-order chi connectivity index (χ1) is 14.8. The van der Waals surface area contributed by atoms with E-state index in [0.717, 1.165) is 5.69 Å². The molecule has 3 N–H and O–H groups in total. The van der Waals surface area contributed by atoms with Crippen molar-refractivity contribution in [3.8, 4) is 5.75 Å². The zero-order valence-electron chi connectivity index (χ0n) is 16.4. The van der Waals surface area contributed by atoms with Gasteiger partial charge in [0.1, 0.15) is 5.75 Å². The summed E-state index contributed by atoms with van der Waals surface area (Å²) < 4.78 is 33.3. The second-order valence-electron chi connectivity index (χ2n) is 6.30. The molecule has 0 aromatic heterocycles. The van der Waals surface area contributed by atoms with E-state index < -0.39 is 10.0 Å². The van der Waals surface area contributed by atoms with Gasteiger partial charge in [0.25, 0.3) is 10.0 Å². The number of hydrogen-bond acceptors (Lipinski definition) is 4. The average Bonchev–Trinajstić information content (AvgIpc) is 2.69. The largest absolute Gasteiger partial charge is 0.492 e. The van der Waals surface area contributed by atoms with Gasteiger partial charge in [0.05, 0.1) is 22.9 Å². The molecule has 0 bridgehead atoms. The molecule has 0 amide bonds. The number of para-hydroxylation sites is 2. The van der Waals surface area contributed by atoms with Gasteiger partial charge in [0.2, 0.25) is 0 Å². The third-order valence-electron chi connectivity index (χ3n) is 3.97. The Bertz CT molecular complexity index is 1170. The molecule has 3 aromatic carbocycles. The summed E-state index contributed by atoms with van der Waals surface area (Å²) in [7, 11) is -3.81. The van der Waals surface area contributed by atoms with Crippen LogP contribution in [-0.4, -0.2) is 20.1 Å². The second-order valence-corrected chi connectivity index (χ2v) is 9.26. The first-order valence-corrected chi connectivity index (χ1v) is 11.8. The standard InChI is InChI=1S/C21H19Cl2N3O3S2/c1-2-29-20-6-4-3-5-19(20)25-21(30)24-16-7-9-18(10-8-16)31(27,28)26-17-12-14(22)11-15(23)13-17/h3-13,26H,2H2,1H3,(H2,24,25,30). The van der Waals surface area contributed by atoms with E-state index in [1.807, 2.05) is 31.2 Å². The van der Waals surface area contributed by atoms with Gasteiger partial charge in [0.15, 0.2) is 5.11 Å². The number of halogens is 2. The molecular weight excluding hydrogens is 477 g/mol. The molecule has 0 aliphatic heterocycles.